The van der Waals surface area contributed by atoms with E-state index in [1.165, 1.54) is 106 Å². The maximum absolute atomic E-state index is 13.0. The van der Waals surface area contributed by atoms with Crippen molar-refractivity contribution in [2.75, 3.05) is 10.6 Å². The third-order valence-electron chi connectivity index (χ3n) is 17.8. The van der Waals surface area contributed by atoms with Crippen molar-refractivity contribution >= 4 is 153 Å². The van der Waals surface area contributed by atoms with Crippen LogP contribution in [0.4, 0.5) is 17.1 Å². The largest absolute Gasteiger partial charge is 0.493 e. The number of fused-ring (bicyclic) bond motifs is 2. The summed E-state index contributed by atoms with van der Waals surface area (Å²) in [6.07, 6.45) is 27.7. The molecule has 8 aromatic rings. The van der Waals surface area contributed by atoms with Crippen molar-refractivity contribution in [1.29, 1.82) is 0 Å². The minimum absolute atomic E-state index is 0.0825. The third-order valence-corrected chi connectivity index (χ3v) is 19.6. The lowest BCUT2D eigenvalue weighted by Gasteiger charge is -2.28. The summed E-state index contributed by atoms with van der Waals surface area (Å²) in [5, 5.41) is 44.1. The maximum Gasteiger partial charge on any atom is 0.295 e. The first-order chi connectivity index (χ1) is 48.8. The number of nitrogens with two attached hydrogens (primary N) is 3. The maximum atomic E-state index is 13.0. The molecule has 0 bridgehead atoms. The summed E-state index contributed by atoms with van der Waals surface area (Å²) in [5.41, 5.74) is 38.8. The van der Waals surface area contributed by atoms with Gasteiger partial charge in [0.15, 0.2) is 26.1 Å². The summed E-state index contributed by atoms with van der Waals surface area (Å²) in [6.45, 7) is 8.07. The van der Waals surface area contributed by atoms with E-state index in [4.69, 9.17) is 78.3 Å². The van der Waals surface area contributed by atoms with E-state index in [1.54, 1.807) is 44.7 Å². The molecule has 3 unspecified atom stereocenters. The molecule has 0 saturated heterocycles. The number of allylic oxidation sites excluding steroid dienone is 2. The highest BCUT2D eigenvalue weighted by Gasteiger charge is 2.26. The monoisotopic (exact) mass is 1470 g/mol. The van der Waals surface area contributed by atoms with Gasteiger partial charge in [-0.05, 0) is 232 Å². The number of hydrogen-bond acceptors (Lipinski definition) is 14. The van der Waals surface area contributed by atoms with E-state index in [1.807, 2.05) is 129 Å². The van der Waals surface area contributed by atoms with E-state index in [0.29, 0.717) is 29.1 Å². The van der Waals surface area contributed by atoms with Crippen LogP contribution < -0.4 is 59.9 Å². The van der Waals surface area contributed by atoms with E-state index in [0.717, 1.165) is 75.1 Å². The number of aryl methyl sites for hydroxylation is 1. The molecule has 4 heterocycles. The number of nitrogens with zero attached hydrogens (tertiary/aromatic N) is 11. The number of hydrazone groups is 3. The summed E-state index contributed by atoms with van der Waals surface area (Å²) in [7, 11) is 3.79. The second-order valence-electron chi connectivity index (χ2n) is 25.1. The van der Waals surface area contributed by atoms with Gasteiger partial charge in [-0.2, -0.15) is 15.3 Å². The van der Waals surface area contributed by atoms with E-state index in [9.17, 15) is 9.90 Å². The van der Waals surface area contributed by atoms with E-state index in [-0.39, 0.29) is 43.0 Å². The molecule has 3 saturated carbocycles. The number of rotatable bonds is 13. The zero-order valence-electron chi connectivity index (χ0n) is 58.3. The van der Waals surface area contributed by atoms with Gasteiger partial charge in [0, 0.05) is 60.7 Å². The van der Waals surface area contributed by atoms with Crippen LogP contribution in [0.15, 0.2) is 181 Å². The highest BCUT2D eigenvalue weighted by Crippen LogP contribution is 2.41. The van der Waals surface area contributed by atoms with Crippen molar-refractivity contribution in [2.24, 2.45) is 79.7 Å². The fourth-order valence-electron chi connectivity index (χ4n) is 12.8. The van der Waals surface area contributed by atoms with Crippen molar-refractivity contribution in [2.45, 2.75) is 149 Å². The lowest BCUT2D eigenvalue weighted by Crippen LogP contribution is -2.30. The van der Waals surface area contributed by atoms with Crippen LogP contribution in [0, 0.1) is 24.7 Å². The average Bonchev–Trinajstić information content (AvgIpc) is 1.64. The molecule has 22 nitrogen and oxygen atoms in total. The average molecular weight is 1480 g/mol. The number of benzene rings is 4. The molecule has 0 amide bonds. The van der Waals surface area contributed by atoms with Gasteiger partial charge in [-0.1, -0.05) is 128 Å². The van der Waals surface area contributed by atoms with Gasteiger partial charge < -0.3 is 42.1 Å². The smallest absolute Gasteiger partial charge is 0.295 e. The molecule has 534 valence electrons. The predicted molar refractivity (Wildman–Crippen MR) is 435 cm³/mol. The number of para-hydroxylation sites is 3. The summed E-state index contributed by atoms with van der Waals surface area (Å²) in [4.78, 5) is 17.7. The van der Waals surface area contributed by atoms with Gasteiger partial charge in [-0.15, -0.1) is 15.3 Å². The van der Waals surface area contributed by atoms with Crippen LogP contribution >= 0.6 is 72.4 Å². The van der Waals surface area contributed by atoms with Crippen LogP contribution in [-0.4, -0.2) is 71.3 Å². The van der Waals surface area contributed by atoms with Gasteiger partial charge in [0.2, 0.25) is 15.8 Å². The normalized spacial score (nSPS) is 18.0. The SMILES string of the molecule is CC(C)n1c(O)c(N=NC(=S)Nc2cccnc2)c2ccccc21.CCC1CCCC/C1=N\NC(N)=S.Cc1c(NC(=S)N/N=c2/sc3ccccc3n2C)c(=O)n(-c2ccccc2)n1C.NC(=S)N/N=C1\CCCCC1C1=CCCCC1.NC(=S)N/N=C1\CCCCC1Cc1ccccc1. The topological polar surface area (TPSA) is 294 Å². The Morgan fingerprint density at radius 3 is 1.86 bits per heavy atom. The van der Waals surface area contributed by atoms with Crippen LogP contribution in [0.2, 0.25) is 0 Å². The van der Waals surface area contributed by atoms with Crippen LogP contribution in [0.25, 0.3) is 26.8 Å². The standard InChI is InChI=1S/C20H20N6OS2.C17H17N5OS.C14H19N3S.C13H21N3S.C9H17N3S/c1-13-17(18(27)26(25(13)3)14-9-5-4-6-10-14)21-19(28)22-23-20-24(2)15-11-7-8-12-16(15)29-20;1-11(2)22-14-8-4-3-7-13(14)15(16(22)23)20-21-17(24)19-12-6-5-9-18-10-12;15-14(18)17-16-13-9-5-4-8-12(13)10-11-6-2-1-3-7-11;14-13(17)16-15-12-9-5-4-8-11(12)10-6-2-1-3-7-10;1-2-7-5-3-4-6-8(7)11-12-9(10)13/h4-12H,1-3H3,(H2,21,22,28);3-11,23H,1-2H3,(H,19,24);1-3,6-7,12H,4-5,8-10H2,(H3,15,17,18);6,11H,1-5,7-9H2,(H3,14,16,17);7H,2-6H2,1H3,(H3,10,12,13)/b23-20+;;16-13+;15-12+;11-8+. The Morgan fingerprint density at radius 1 is 0.663 bits per heavy atom. The van der Waals surface area contributed by atoms with Gasteiger partial charge in [0.05, 0.1) is 39.0 Å². The van der Waals surface area contributed by atoms with Crippen molar-refractivity contribution in [3.63, 3.8) is 0 Å². The third kappa shape index (κ3) is 23.0. The lowest BCUT2D eigenvalue weighted by atomic mass is 9.78. The summed E-state index contributed by atoms with van der Waals surface area (Å²) < 4.78 is 8.35. The summed E-state index contributed by atoms with van der Waals surface area (Å²) in [5.74, 6) is 1.78. The number of aromatic nitrogens is 5. The first kappa shape index (κ1) is 77.8. The molecule has 3 fully saturated rings. The minimum Gasteiger partial charge on any atom is -0.493 e. The van der Waals surface area contributed by atoms with Crippen LogP contribution in [0.1, 0.15) is 147 Å². The summed E-state index contributed by atoms with van der Waals surface area (Å²) >= 11 is 26.4. The second-order valence-corrected chi connectivity index (χ2v) is 28.2. The van der Waals surface area contributed by atoms with Gasteiger partial charge in [-0.3, -0.25) is 36.2 Å². The number of anilines is 2. The molecule has 4 aromatic heterocycles. The van der Waals surface area contributed by atoms with Gasteiger partial charge in [0.25, 0.3) is 5.56 Å². The molecule has 12 rings (SSSR count). The van der Waals surface area contributed by atoms with Crippen LogP contribution in [-0.2, 0) is 20.5 Å². The molecular formula is C73H94N20O2S6. The highest BCUT2D eigenvalue weighted by molar-refractivity contribution is 7.81. The fourth-order valence-corrected chi connectivity index (χ4v) is 14.2. The van der Waals surface area contributed by atoms with E-state index in [2.05, 4.69) is 111 Å². The van der Waals surface area contributed by atoms with E-state index < -0.39 is 0 Å². The Balaban J connectivity index is 0.000000165. The molecule has 0 radical (unpaired) electrons. The zero-order valence-corrected chi connectivity index (χ0v) is 63.2. The highest BCUT2D eigenvalue weighted by atomic mass is 32.1. The van der Waals surface area contributed by atoms with Crippen molar-refractivity contribution in [3.8, 4) is 11.6 Å². The zero-order chi connectivity index (χ0) is 72.2. The molecule has 3 atom stereocenters. The Morgan fingerprint density at radius 2 is 1.25 bits per heavy atom. The Bertz CT molecular complexity index is 4400. The fraction of sp³-hybridized carbons (Fsp3) is 0.384. The number of hydrogen-bond donors (Lipinski definition) is 10. The molecule has 0 aliphatic heterocycles. The Hall–Kier alpha value is -8.93. The van der Waals surface area contributed by atoms with Gasteiger partial charge in [-0.25, -0.2) is 4.68 Å². The number of pyridine rings is 1. The predicted octanol–water partition coefficient (Wildman–Crippen LogP) is 14.9. The number of aromatic hydroxyl groups is 1. The number of thiocarbonyl (C=S) groups is 5. The molecule has 28 heteroatoms. The first-order valence-electron chi connectivity index (χ1n) is 34.3. The van der Waals surface area contributed by atoms with Gasteiger partial charge in [0.1, 0.15) is 5.69 Å². The quantitative estimate of drug-likeness (QED) is 0.0222. The molecular weight excluding hydrogens is 1380 g/mol. The number of nitrogens with one attached hydrogen (secondary N) is 6. The second kappa shape index (κ2) is 39.9. The van der Waals surface area contributed by atoms with Gasteiger partial charge >= 0.3 is 0 Å². The minimum atomic E-state index is -0.173. The molecule has 101 heavy (non-hydrogen) atoms. The molecule has 4 aromatic carbocycles. The number of thiazole rings is 1. The first-order valence-corrected chi connectivity index (χ1v) is 37.2. The van der Waals surface area contributed by atoms with Crippen molar-refractivity contribution in [3.05, 3.63) is 172 Å². The summed E-state index contributed by atoms with van der Waals surface area (Å²) in [6, 6.07) is 39.5. The van der Waals surface area contributed by atoms with Crippen LogP contribution in [0.3, 0.4) is 0 Å². The lowest BCUT2D eigenvalue weighted by molar-refractivity contribution is 0.407. The molecule has 13 N–H and O–H groups in total. The van der Waals surface area contributed by atoms with E-state index >= 15 is 0 Å². The van der Waals surface area contributed by atoms with Crippen molar-refractivity contribution < 1.29 is 5.11 Å². The van der Waals surface area contributed by atoms with Crippen molar-refractivity contribution in [1.82, 2.24) is 45.2 Å². The molecule has 4 aliphatic rings. The Labute approximate surface area is 622 Å². The molecule has 0 spiro atoms. The van der Waals surface area contributed by atoms with Crippen LogP contribution in [0.5, 0.6) is 5.88 Å². The Kier molecular flexibility index (Phi) is 30.7. The number of azo groups is 1. The molecule has 4 aliphatic carbocycles.